The molecule has 1 aromatic rings. The van der Waals surface area contributed by atoms with Crippen LogP contribution in [-0.2, 0) is 14.8 Å². The highest BCUT2D eigenvalue weighted by Crippen LogP contribution is 2.46. The van der Waals surface area contributed by atoms with E-state index in [1.54, 1.807) is 0 Å². The lowest BCUT2D eigenvalue weighted by atomic mass is 9.76. The van der Waals surface area contributed by atoms with E-state index in [2.05, 4.69) is 11.4 Å². The van der Waals surface area contributed by atoms with E-state index in [9.17, 15) is 13.2 Å². The maximum absolute atomic E-state index is 12.5. The average Bonchev–Trinajstić information content (AvgIpc) is 2.58. The molecule has 1 spiro atoms. The number of amides is 1. The molecule has 6 nitrogen and oxygen atoms in total. The molecule has 3 aliphatic rings. The number of piperidine rings is 1. The third kappa shape index (κ3) is 3.99. The monoisotopic (exact) mass is 392 g/mol. The van der Waals surface area contributed by atoms with Crippen LogP contribution >= 0.6 is 0 Å². The molecule has 148 valence electrons. The molecule has 4 rings (SSSR count). The molecule has 1 saturated heterocycles. The predicted molar refractivity (Wildman–Crippen MR) is 103 cm³/mol. The smallest absolute Gasteiger partial charge is 0.220 e. The fraction of sp³-hybridized carbons (Fsp3) is 0.650. The summed E-state index contributed by atoms with van der Waals surface area (Å²) >= 11 is 0. The van der Waals surface area contributed by atoms with Crippen LogP contribution in [0.2, 0.25) is 0 Å². The van der Waals surface area contributed by atoms with E-state index in [0.717, 1.165) is 30.6 Å². The second-order valence-electron chi connectivity index (χ2n) is 8.29. The van der Waals surface area contributed by atoms with Gasteiger partial charge in [0.05, 0.1) is 6.26 Å². The van der Waals surface area contributed by atoms with Gasteiger partial charge in [0.15, 0.2) is 0 Å². The lowest BCUT2D eigenvalue weighted by Crippen LogP contribution is -2.52. The van der Waals surface area contributed by atoms with Crippen molar-refractivity contribution in [3.8, 4) is 5.75 Å². The molecule has 27 heavy (non-hydrogen) atoms. The molecule has 1 atom stereocenters. The molecule has 0 radical (unpaired) electrons. The molecule has 0 aromatic heterocycles. The molecule has 2 heterocycles. The highest BCUT2D eigenvalue weighted by molar-refractivity contribution is 7.88. The predicted octanol–water partition coefficient (Wildman–Crippen LogP) is 2.41. The zero-order valence-corrected chi connectivity index (χ0v) is 16.6. The van der Waals surface area contributed by atoms with Crippen LogP contribution in [0.15, 0.2) is 24.3 Å². The first kappa shape index (κ1) is 18.7. The van der Waals surface area contributed by atoms with Gasteiger partial charge in [0.25, 0.3) is 0 Å². The van der Waals surface area contributed by atoms with Crippen molar-refractivity contribution in [2.24, 2.45) is 0 Å². The van der Waals surface area contributed by atoms with Gasteiger partial charge < -0.3 is 10.1 Å². The molecule has 1 aliphatic carbocycles. The highest BCUT2D eigenvalue weighted by Gasteiger charge is 2.44. The van der Waals surface area contributed by atoms with E-state index in [-0.39, 0.29) is 17.4 Å². The van der Waals surface area contributed by atoms with Gasteiger partial charge in [0.1, 0.15) is 11.4 Å². The fourth-order valence-corrected chi connectivity index (χ4v) is 5.37. The summed E-state index contributed by atoms with van der Waals surface area (Å²) in [6, 6.07) is 8.31. The van der Waals surface area contributed by atoms with Crippen LogP contribution in [0.25, 0.3) is 0 Å². The van der Waals surface area contributed by atoms with Crippen LogP contribution in [0.3, 0.4) is 0 Å². The number of hydrogen-bond acceptors (Lipinski definition) is 4. The number of hydrogen-bond donors (Lipinski definition) is 1. The van der Waals surface area contributed by atoms with Crippen LogP contribution in [-0.4, -0.2) is 49.6 Å². The van der Waals surface area contributed by atoms with Gasteiger partial charge in [-0.2, -0.15) is 0 Å². The van der Waals surface area contributed by atoms with E-state index in [1.165, 1.54) is 17.0 Å². The number of benzene rings is 1. The molecule has 1 amide bonds. The Hall–Kier alpha value is -1.60. The number of fused-ring (bicyclic) bond motifs is 1. The Morgan fingerprint density at radius 1 is 1.26 bits per heavy atom. The number of sulfonamides is 1. The van der Waals surface area contributed by atoms with Gasteiger partial charge in [0.2, 0.25) is 15.9 Å². The summed E-state index contributed by atoms with van der Waals surface area (Å²) in [5.74, 6) is 1.07. The minimum absolute atomic E-state index is 0.111. The lowest BCUT2D eigenvalue weighted by molar-refractivity contribution is -0.123. The molecule has 1 N–H and O–H groups in total. The van der Waals surface area contributed by atoms with Gasteiger partial charge in [-0.1, -0.05) is 18.2 Å². The van der Waals surface area contributed by atoms with Crippen molar-refractivity contribution in [2.75, 3.05) is 19.3 Å². The second-order valence-corrected chi connectivity index (χ2v) is 10.3. The van der Waals surface area contributed by atoms with Crippen LogP contribution in [0.4, 0.5) is 0 Å². The van der Waals surface area contributed by atoms with Gasteiger partial charge in [-0.25, -0.2) is 12.7 Å². The van der Waals surface area contributed by atoms with Crippen molar-refractivity contribution in [2.45, 2.75) is 62.5 Å². The first-order valence-corrected chi connectivity index (χ1v) is 11.7. The number of carbonyl (C=O) groups excluding carboxylic acids is 1. The summed E-state index contributed by atoms with van der Waals surface area (Å²) in [6.45, 7) is 0.948. The number of para-hydroxylation sites is 1. The van der Waals surface area contributed by atoms with Crippen molar-refractivity contribution < 1.29 is 17.9 Å². The first-order chi connectivity index (χ1) is 12.8. The summed E-state index contributed by atoms with van der Waals surface area (Å²) in [6.07, 6.45) is 7.18. The van der Waals surface area contributed by atoms with Gasteiger partial charge in [-0.15, -0.1) is 0 Å². The molecule has 0 bridgehead atoms. The first-order valence-electron chi connectivity index (χ1n) is 9.87. The normalized spacial score (nSPS) is 25.3. The van der Waals surface area contributed by atoms with E-state index in [1.807, 2.05) is 18.2 Å². The number of ether oxygens (including phenoxy) is 1. The number of nitrogens with one attached hydrogen (secondary N) is 1. The van der Waals surface area contributed by atoms with Crippen molar-refractivity contribution in [3.63, 3.8) is 0 Å². The highest BCUT2D eigenvalue weighted by atomic mass is 32.2. The SMILES string of the molecule is CS(=O)(=O)N1CCC2(CC1)C[C@H](CC(=O)NC1CCC1)c1ccccc1O2. The van der Waals surface area contributed by atoms with E-state index < -0.39 is 10.0 Å². The van der Waals surface area contributed by atoms with Crippen molar-refractivity contribution >= 4 is 15.9 Å². The summed E-state index contributed by atoms with van der Waals surface area (Å²) < 4.78 is 31.6. The third-order valence-corrected chi connectivity index (χ3v) is 7.61. The summed E-state index contributed by atoms with van der Waals surface area (Å²) in [4.78, 5) is 12.5. The Labute approximate surface area is 161 Å². The van der Waals surface area contributed by atoms with Crippen LogP contribution in [0, 0.1) is 0 Å². The Morgan fingerprint density at radius 3 is 2.59 bits per heavy atom. The minimum atomic E-state index is -3.17. The van der Waals surface area contributed by atoms with Crippen molar-refractivity contribution in [1.29, 1.82) is 0 Å². The van der Waals surface area contributed by atoms with Gasteiger partial charge >= 0.3 is 0 Å². The third-order valence-electron chi connectivity index (χ3n) is 6.31. The van der Waals surface area contributed by atoms with E-state index >= 15 is 0 Å². The second kappa shape index (κ2) is 7.09. The lowest BCUT2D eigenvalue weighted by Gasteiger charge is -2.46. The maximum atomic E-state index is 12.5. The average molecular weight is 393 g/mol. The summed E-state index contributed by atoms with van der Waals surface area (Å²) in [5.41, 5.74) is 0.717. The molecule has 0 unspecified atom stereocenters. The largest absolute Gasteiger partial charge is 0.487 e. The minimum Gasteiger partial charge on any atom is -0.487 e. The summed E-state index contributed by atoms with van der Waals surface area (Å²) in [5, 5.41) is 3.15. The number of nitrogens with zero attached hydrogens (tertiary/aromatic N) is 1. The van der Waals surface area contributed by atoms with Gasteiger partial charge in [0, 0.05) is 44.3 Å². The molecule has 1 aromatic carbocycles. The Bertz CT molecular complexity index is 811. The van der Waals surface area contributed by atoms with Crippen LogP contribution in [0.5, 0.6) is 5.75 Å². The molecule has 2 fully saturated rings. The maximum Gasteiger partial charge on any atom is 0.220 e. The van der Waals surface area contributed by atoms with Crippen LogP contribution < -0.4 is 10.1 Å². The Morgan fingerprint density at radius 2 is 1.96 bits per heavy atom. The van der Waals surface area contributed by atoms with Gasteiger partial charge in [-0.3, -0.25) is 4.79 Å². The van der Waals surface area contributed by atoms with Crippen molar-refractivity contribution in [1.82, 2.24) is 9.62 Å². The summed E-state index contributed by atoms with van der Waals surface area (Å²) in [7, 11) is -3.17. The molecule has 7 heteroatoms. The molecular formula is C20H28N2O4S. The molecule has 2 aliphatic heterocycles. The molecule has 1 saturated carbocycles. The molecular weight excluding hydrogens is 364 g/mol. The van der Waals surface area contributed by atoms with Gasteiger partial charge in [-0.05, 0) is 37.3 Å². The quantitative estimate of drug-likeness (QED) is 0.854. The fourth-order valence-electron chi connectivity index (χ4n) is 4.52. The number of rotatable bonds is 4. The number of carbonyl (C=O) groups is 1. The zero-order chi connectivity index (χ0) is 19.1. The van der Waals surface area contributed by atoms with E-state index in [4.69, 9.17) is 4.74 Å². The topological polar surface area (TPSA) is 75.7 Å². The van der Waals surface area contributed by atoms with Crippen LogP contribution in [0.1, 0.15) is 56.4 Å². The van der Waals surface area contributed by atoms with Crippen molar-refractivity contribution in [3.05, 3.63) is 29.8 Å². The zero-order valence-electron chi connectivity index (χ0n) is 15.8. The Kier molecular flexibility index (Phi) is 4.93. The van der Waals surface area contributed by atoms with E-state index in [0.29, 0.717) is 38.4 Å². The standard InChI is InChI=1S/C20H28N2O4S/c1-27(24,25)22-11-9-20(10-12-22)14-15(13-19(23)21-16-5-4-6-16)17-7-2-3-8-18(17)26-20/h2-3,7-8,15-16H,4-6,9-14H2,1H3,(H,21,23)/t15-/m0/s1. The Balaban J connectivity index is 1.50.